The van der Waals surface area contributed by atoms with Crippen LogP contribution in [0, 0.1) is 16.7 Å². The summed E-state index contributed by atoms with van der Waals surface area (Å²) in [5.74, 6) is -2.30. The van der Waals surface area contributed by atoms with Crippen LogP contribution in [0.15, 0.2) is 12.3 Å². The Hall–Kier alpha value is -2.19. The Labute approximate surface area is 258 Å². The van der Waals surface area contributed by atoms with Gasteiger partial charge in [-0.3, -0.25) is 14.4 Å². The van der Waals surface area contributed by atoms with Crippen molar-refractivity contribution in [3.8, 4) is 0 Å². The van der Waals surface area contributed by atoms with Gasteiger partial charge in [0.1, 0.15) is 6.10 Å². The van der Waals surface area contributed by atoms with Crippen molar-refractivity contribution in [2.45, 2.75) is 155 Å². The molecule has 0 spiro atoms. The number of ether oxygens (including phenoxy) is 2. The molecule has 3 N–H and O–H groups in total. The molecule has 242 valence electrons. The first-order valence-electron chi connectivity index (χ1n) is 17.0. The Kier molecular flexibility index (Phi) is 11.2. The summed E-state index contributed by atoms with van der Waals surface area (Å²) in [6, 6.07) is 1.64. The molecular weight excluding hydrogens is 544 g/mol. The molecule has 8 nitrogen and oxygen atoms in total. The topological polar surface area (TPSA) is 118 Å². The maximum Gasteiger partial charge on any atom is 0.304 e. The lowest BCUT2D eigenvalue weighted by atomic mass is 9.64. The molecule has 2 aliphatic carbocycles. The highest BCUT2D eigenvalue weighted by molar-refractivity contribution is 6.01. The molecule has 0 aromatic carbocycles. The molecule has 1 amide bonds. The number of carboxylic acids is 1. The van der Waals surface area contributed by atoms with E-state index in [0.29, 0.717) is 17.9 Å². The lowest BCUT2D eigenvalue weighted by Gasteiger charge is -2.45. The molecule has 1 aromatic rings. The van der Waals surface area contributed by atoms with Crippen LogP contribution in [0.25, 0.3) is 0 Å². The van der Waals surface area contributed by atoms with E-state index in [2.05, 4.69) is 17.2 Å². The Bertz CT molecular complexity index is 1100. The van der Waals surface area contributed by atoms with Crippen LogP contribution in [0.4, 0.5) is 0 Å². The number of hydrogen-bond donors (Lipinski definition) is 3. The monoisotopic (exact) mass is 600 g/mol. The van der Waals surface area contributed by atoms with Gasteiger partial charge in [0, 0.05) is 40.2 Å². The molecule has 4 rings (SSSR count). The molecule has 2 heterocycles. The zero-order valence-corrected chi connectivity index (χ0v) is 27.3. The standard InChI is InChI=1S/C35H56N2O6/c1-6-7-8-9-10-13-18-35(19-14-20-35)32(41)37-27-16-12-11-15-24(27)26(22-28(38)39)29-25(17-21-36-29)30(40)31-33(2,3)23-42-34(4,5)43-31/h17,21,24,26-27,31,36H,6-16,18-20,22-23H2,1-5H3,(H,37,41)(H,38,39). The van der Waals surface area contributed by atoms with Crippen molar-refractivity contribution in [2.75, 3.05) is 6.61 Å². The van der Waals surface area contributed by atoms with E-state index in [1.165, 1.54) is 32.1 Å². The highest BCUT2D eigenvalue weighted by Gasteiger charge is 2.48. The van der Waals surface area contributed by atoms with Crippen LogP contribution in [0.5, 0.6) is 0 Å². The number of amides is 1. The average Bonchev–Trinajstić information content (AvgIpc) is 3.42. The van der Waals surface area contributed by atoms with Gasteiger partial charge in [0.05, 0.1) is 13.0 Å². The first kappa shape index (κ1) is 33.7. The van der Waals surface area contributed by atoms with Crippen LogP contribution < -0.4 is 5.32 Å². The Morgan fingerprint density at radius 1 is 1.02 bits per heavy atom. The summed E-state index contributed by atoms with van der Waals surface area (Å²) >= 11 is 0. The van der Waals surface area contributed by atoms with Crippen molar-refractivity contribution in [1.29, 1.82) is 0 Å². The van der Waals surface area contributed by atoms with Crippen LogP contribution in [0.1, 0.15) is 153 Å². The van der Waals surface area contributed by atoms with Crippen molar-refractivity contribution >= 4 is 17.7 Å². The predicted molar refractivity (Wildman–Crippen MR) is 167 cm³/mol. The summed E-state index contributed by atoms with van der Waals surface area (Å²) < 4.78 is 12.0. The van der Waals surface area contributed by atoms with E-state index in [9.17, 15) is 19.5 Å². The number of H-pyrrole nitrogens is 1. The maximum atomic E-state index is 14.1. The number of nitrogens with one attached hydrogen (secondary N) is 2. The molecule has 4 atom stereocenters. The normalized spacial score (nSPS) is 26.7. The second kappa shape index (κ2) is 14.3. The minimum absolute atomic E-state index is 0.0785. The number of unbranched alkanes of at least 4 members (excludes halogenated alkanes) is 5. The fourth-order valence-corrected chi connectivity index (χ4v) is 7.60. The van der Waals surface area contributed by atoms with Crippen LogP contribution in [-0.2, 0) is 19.1 Å². The van der Waals surface area contributed by atoms with Gasteiger partial charge in [-0.2, -0.15) is 0 Å². The third-order valence-corrected chi connectivity index (χ3v) is 10.4. The molecule has 1 saturated heterocycles. The van der Waals surface area contributed by atoms with Gasteiger partial charge >= 0.3 is 5.97 Å². The van der Waals surface area contributed by atoms with Crippen molar-refractivity contribution in [3.05, 3.63) is 23.5 Å². The average molecular weight is 601 g/mol. The van der Waals surface area contributed by atoms with E-state index in [1.54, 1.807) is 12.3 Å². The number of Topliss-reactive ketones (excluding diaryl/α,β-unsaturated/α-hetero) is 1. The summed E-state index contributed by atoms with van der Waals surface area (Å²) in [5.41, 5.74) is 0.308. The quantitative estimate of drug-likeness (QED) is 0.141. The molecule has 43 heavy (non-hydrogen) atoms. The van der Waals surface area contributed by atoms with Gasteiger partial charge in [0.25, 0.3) is 0 Å². The highest BCUT2D eigenvalue weighted by Crippen LogP contribution is 2.47. The molecule has 2 saturated carbocycles. The molecule has 8 heteroatoms. The molecule has 0 bridgehead atoms. The van der Waals surface area contributed by atoms with Gasteiger partial charge in [-0.25, -0.2) is 0 Å². The van der Waals surface area contributed by atoms with Crippen molar-refractivity contribution < 1.29 is 29.0 Å². The minimum atomic E-state index is -0.907. The lowest BCUT2D eigenvalue weighted by molar-refractivity contribution is -0.298. The van der Waals surface area contributed by atoms with E-state index < -0.39 is 29.2 Å². The largest absolute Gasteiger partial charge is 0.481 e. The first-order chi connectivity index (χ1) is 20.4. The van der Waals surface area contributed by atoms with E-state index in [0.717, 1.165) is 57.8 Å². The lowest BCUT2D eigenvalue weighted by Crippen LogP contribution is -2.54. The Balaban J connectivity index is 1.53. The summed E-state index contributed by atoms with van der Waals surface area (Å²) in [6.45, 7) is 10.1. The highest BCUT2D eigenvalue weighted by atomic mass is 16.7. The number of carboxylic acid groups (broad SMARTS) is 1. The number of rotatable bonds is 15. The zero-order chi connectivity index (χ0) is 31.3. The zero-order valence-electron chi connectivity index (χ0n) is 27.3. The summed E-state index contributed by atoms with van der Waals surface area (Å²) in [5, 5.41) is 13.5. The molecule has 0 radical (unpaired) electrons. The minimum Gasteiger partial charge on any atom is -0.481 e. The Morgan fingerprint density at radius 2 is 1.72 bits per heavy atom. The van der Waals surface area contributed by atoms with Gasteiger partial charge < -0.3 is 24.9 Å². The summed E-state index contributed by atoms with van der Waals surface area (Å²) in [4.78, 5) is 43.4. The number of carbonyl (C=O) groups excluding carboxylic acids is 2. The number of carbonyl (C=O) groups is 3. The molecule has 3 fully saturated rings. The fraction of sp³-hybridized carbons (Fsp3) is 0.800. The van der Waals surface area contributed by atoms with Gasteiger partial charge in [0.2, 0.25) is 5.91 Å². The smallest absolute Gasteiger partial charge is 0.304 e. The fourth-order valence-electron chi connectivity index (χ4n) is 7.60. The van der Waals surface area contributed by atoms with Crippen LogP contribution in [0.2, 0.25) is 0 Å². The number of ketones is 1. The van der Waals surface area contributed by atoms with Crippen LogP contribution in [0.3, 0.4) is 0 Å². The second-order valence-electron chi connectivity index (χ2n) is 14.7. The number of hydrogen-bond acceptors (Lipinski definition) is 5. The number of aromatic nitrogens is 1. The second-order valence-corrected chi connectivity index (χ2v) is 14.7. The number of aliphatic carboxylic acids is 1. The van der Waals surface area contributed by atoms with Crippen molar-refractivity contribution in [2.24, 2.45) is 16.7 Å². The Morgan fingerprint density at radius 3 is 2.40 bits per heavy atom. The molecule has 3 aliphatic rings. The first-order valence-corrected chi connectivity index (χ1v) is 17.0. The van der Waals surface area contributed by atoms with Crippen LogP contribution >= 0.6 is 0 Å². The van der Waals surface area contributed by atoms with Crippen molar-refractivity contribution in [3.63, 3.8) is 0 Å². The summed E-state index contributed by atoms with van der Waals surface area (Å²) in [7, 11) is 0. The maximum absolute atomic E-state index is 14.1. The van der Waals surface area contributed by atoms with Gasteiger partial charge in [-0.05, 0) is 57.9 Å². The molecular formula is C35H56N2O6. The third-order valence-electron chi connectivity index (χ3n) is 10.4. The van der Waals surface area contributed by atoms with E-state index in [1.807, 2.05) is 27.7 Å². The SMILES string of the molecule is CCCCCCCCC1(C(=O)NC2CCCCC2C(CC(=O)O)c2[nH]ccc2C(=O)C2OC(C)(C)OCC2(C)C)CCC1. The van der Waals surface area contributed by atoms with Crippen LogP contribution in [-0.4, -0.2) is 52.3 Å². The van der Waals surface area contributed by atoms with Gasteiger partial charge in [0.15, 0.2) is 11.6 Å². The number of aromatic amines is 1. The van der Waals surface area contributed by atoms with Gasteiger partial charge in [-0.1, -0.05) is 78.6 Å². The predicted octanol–water partition coefficient (Wildman–Crippen LogP) is 7.53. The van der Waals surface area contributed by atoms with E-state index in [4.69, 9.17) is 9.47 Å². The molecule has 4 unspecified atom stereocenters. The van der Waals surface area contributed by atoms with E-state index >= 15 is 0 Å². The van der Waals surface area contributed by atoms with Gasteiger partial charge in [-0.15, -0.1) is 0 Å². The molecule has 1 aromatic heterocycles. The van der Waals surface area contributed by atoms with E-state index in [-0.39, 0.29) is 35.5 Å². The molecule has 1 aliphatic heterocycles. The third kappa shape index (κ3) is 8.10. The summed E-state index contributed by atoms with van der Waals surface area (Å²) in [6.07, 6.45) is 15.7. The van der Waals surface area contributed by atoms with Crippen molar-refractivity contribution in [1.82, 2.24) is 10.3 Å².